The van der Waals surface area contributed by atoms with Crippen LogP contribution in [0.4, 0.5) is 0 Å². The Hall–Kier alpha value is -2.41. The lowest BCUT2D eigenvalue weighted by Crippen LogP contribution is -2.53. The molecule has 2 N–H and O–H groups in total. The number of rotatable bonds is 7. The number of benzene rings is 1. The smallest absolute Gasteiger partial charge is 0.271 e. The summed E-state index contributed by atoms with van der Waals surface area (Å²) in [6.07, 6.45) is 4.32. The number of para-hydroxylation sites is 1. The van der Waals surface area contributed by atoms with Gasteiger partial charge >= 0.3 is 0 Å². The lowest BCUT2D eigenvalue weighted by molar-refractivity contribution is -0.123. The highest BCUT2D eigenvalue weighted by atomic mass is 32.1. The van der Waals surface area contributed by atoms with Crippen LogP contribution < -0.4 is 15.4 Å². The molecule has 7 heteroatoms. The standard InChI is InChI=1S/C23H31N3O3S/c1-23(2,3)13-20(27)24-17-11-7-8-12-18(17)26-22(28)19-15-30-21(25-19)14-29-16-9-5-4-6-10-16/h4-6,9-10,15,17-18H,7-8,11-14H2,1-3H3,(H,24,27)(H,26,28)/t17-,18+/m1/s1. The van der Waals surface area contributed by atoms with Crippen molar-refractivity contribution in [3.63, 3.8) is 0 Å². The van der Waals surface area contributed by atoms with Crippen LogP contribution in [0.2, 0.25) is 0 Å². The fourth-order valence-electron chi connectivity index (χ4n) is 3.60. The first kappa shape index (κ1) is 22.3. The van der Waals surface area contributed by atoms with E-state index in [1.54, 1.807) is 5.38 Å². The van der Waals surface area contributed by atoms with E-state index in [1.165, 1.54) is 11.3 Å². The maximum absolute atomic E-state index is 12.7. The molecule has 1 aromatic heterocycles. The Balaban J connectivity index is 1.54. The molecular formula is C23H31N3O3S. The first-order valence-corrected chi connectivity index (χ1v) is 11.4. The van der Waals surface area contributed by atoms with Crippen molar-refractivity contribution >= 4 is 23.2 Å². The van der Waals surface area contributed by atoms with Crippen LogP contribution >= 0.6 is 11.3 Å². The third kappa shape index (κ3) is 6.83. The Bertz CT molecular complexity index is 845. The number of carbonyl (C=O) groups is 2. The zero-order chi connectivity index (χ0) is 21.6. The summed E-state index contributed by atoms with van der Waals surface area (Å²) in [5, 5.41) is 8.74. The Labute approximate surface area is 182 Å². The van der Waals surface area contributed by atoms with Crippen LogP contribution in [0, 0.1) is 5.41 Å². The van der Waals surface area contributed by atoms with E-state index in [4.69, 9.17) is 4.74 Å². The number of nitrogens with zero attached hydrogens (tertiary/aromatic N) is 1. The van der Waals surface area contributed by atoms with E-state index in [-0.39, 0.29) is 29.3 Å². The van der Waals surface area contributed by atoms with Gasteiger partial charge in [-0.25, -0.2) is 4.98 Å². The van der Waals surface area contributed by atoms with E-state index in [0.717, 1.165) is 36.4 Å². The molecule has 2 aromatic rings. The molecule has 0 aliphatic heterocycles. The van der Waals surface area contributed by atoms with Gasteiger partial charge in [0.15, 0.2) is 0 Å². The summed E-state index contributed by atoms with van der Waals surface area (Å²) >= 11 is 1.41. The Morgan fingerprint density at radius 1 is 1.10 bits per heavy atom. The van der Waals surface area contributed by atoms with Crippen molar-refractivity contribution in [1.29, 1.82) is 0 Å². The van der Waals surface area contributed by atoms with Crippen molar-refractivity contribution in [3.05, 3.63) is 46.4 Å². The molecule has 1 aromatic carbocycles. The van der Waals surface area contributed by atoms with Gasteiger partial charge in [0, 0.05) is 23.9 Å². The zero-order valence-electron chi connectivity index (χ0n) is 17.9. The lowest BCUT2D eigenvalue weighted by Gasteiger charge is -2.33. The predicted octanol–water partition coefficient (Wildman–Crippen LogP) is 4.32. The Morgan fingerprint density at radius 2 is 1.77 bits per heavy atom. The van der Waals surface area contributed by atoms with Gasteiger partial charge in [0.1, 0.15) is 23.1 Å². The summed E-state index contributed by atoms with van der Waals surface area (Å²) in [4.78, 5) is 29.5. The third-order valence-corrected chi connectivity index (χ3v) is 5.83. The van der Waals surface area contributed by atoms with Crippen molar-refractivity contribution in [2.24, 2.45) is 5.41 Å². The van der Waals surface area contributed by atoms with E-state index in [2.05, 4.69) is 15.6 Å². The molecule has 0 spiro atoms. The largest absolute Gasteiger partial charge is 0.486 e. The van der Waals surface area contributed by atoms with Crippen molar-refractivity contribution in [2.45, 2.75) is 71.6 Å². The monoisotopic (exact) mass is 429 g/mol. The topological polar surface area (TPSA) is 80.3 Å². The van der Waals surface area contributed by atoms with Crippen molar-refractivity contribution in [1.82, 2.24) is 15.6 Å². The van der Waals surface area contributed by atoms with E-state index in [9.17, 15) is 9.59 Å². The van der Waals surface area contributed by atoms with Crippen molar-refractivity contribution in [3.8, 4) is 5.75 Å². The molecule has 1 aliphatic carbocycles. The summed E-state index contributed by atoms with van der Waals surface area (Å²) in [6.45, 7) is 6.48. The number of carbonyl (C=O) groups excluding carboxylic acids is 2. The third-order valence-electron chi connectivity index (χ3n) is 5.01. The molecule has 6 nitrogen and oxygen atoms in total. The van der Waals surface area contributed by atoms with Gasteiger partial charge in [0.05, 0.1) is 0 Å². The molecule has 30 heavy (non-hydrogen) atoms. The van der Waals surface area contributed by atoms with E-state index >= 15 is 0 Å². The average molecular weight is 430 g/mol. The maximum atomic E-state index is 12.7. The van der Waals surface area contributed by atoms with Crippen LogP contribution in [0.1, 0.15) is 68.4 Å². The van der Waals surface area contributed by atoms with E-state index < -0.39 is 0 Å². The quantitative estimate of drug-likeness (QED) is 0.687. The number of aromatic nitrogens is 1. The van der Waals surface area contributed by atoms with Crippen LogP contribution in [0.3, 0.4) is 0 Å². The Morgan fingerprint density at radius 3 is 2.43 bits per heavy atom. The van der Waals surface area contributed by atoms with Gasteiger partial charge in [0.2, 0.25) is 5.91 Å². The molecule has 0 bridgehead atoms. The summed E-state index contributed by atoms with van der Waals surface area (Å²) in [5.41, 5.74) is 0.341. The molecule has 3 rings (SSSR count). The Kier molecular flexibility index (Phi) is 7.48. The van der Waals surface area contributed by atoms with Crippen LogP contribution in [-0.4, -0.2) is 28.9 Å². The molecular weight excluding hydrogens is 398 g/mol. The molecule has 0 radical (unpaired) electrons. The normalized spacial score (nSPS) is 19.2. The average Bonchev–Trinajstić information content (AvgIpc) is 3.16. The highest BCUT2D eigenvalue weighted by Crippen LogP contribution is 2.22. The van der Waals surface area contributed by atoms with Crippen LogP contribution in [-0.2, 0) is 11.4 Å². The van der Waals surface area contributed by atoms with Gasteiger partial charge in [-0.15, -0.1) is 11.3 Å². The van der Waals surface area contributed by atoms with Crippen molar-refractivity contribution in [2.75, 3.05) is 0 Å². The number of thiazole rings is 1. The van der Waals surface area contributed by atoms with Crippen LogP contribution in [0.25, 0.3) is 0 Å². The summed E-state index contributed by atoms with van der Waals surface area (Å²) in [6, 6.07) is 9.44. The minimum absolute atomic E-state index is 0.0305. The SMILES string of the molecule is CC(C)(C)CC(=O)N[C@@H]1CCCC[C@@H]1NC(=O)c1csc(COc2ccccc2)n1. The molecule has 1 aliphatic rings. The highest BCUT2D eigenvalue weighted by Gasteiger charge is 2.29. The maximum Gasteiger partial charge on any atom is 0.271 e. The fourth-order valence-corrected chi connectivity index (χ4v) is 4.29. The lowest BCUT2D eigenvalue weighted by atomic mass is 9.88. The molecule has 1 fully saturated rings. The minimum atomic E-state index is -0.195. The molecule has 0 unspecified atom stereocenters. The van der Waals surface area contributed by atoms with Crippen LogP contribution in [0.15, 0.2) is 35.7 Å². The highest BCUT2D eigenvalue weighted by molar-refractivity contribution is 7.09. The van der Waals surface area contributed by atoms with Gasteiger partial charge < -0.3 is 15.4 Å². The predicted molar refractivity (Wildman–Crippen MR) is 119 cm³/mol. The fraction of sp³-hybridized carbons (Fsp3) is 0.522. The number of hydrogen-bond acceptors (Lipinski definition) is 5. The van der Waals surface area contributed by atoms with Gasteiger partial charge in [-0.3, -0.25) is 9.59 Å². The number of hydrogen-bond donors (Lipinski definition) is 2. The van der Waals surface area contributed by atoms with Gasteiger partial charge in [-0.05, 0) is 30.4 Å². The number of amides is 2. The van der Waals surface area contributed by atoms with E-state index in [1.807, 2.05) is 51.1 Å². The zero-order valence-corrected chi connectivity index (χ0v) is 18.8. The van der Waals surface area contributed by atoms with Crippen LogP contribution in [0.5, 0.6) is 5.75 Å². The van der Waals surface area contributed by atoms with Crippen molar-refractivity contribution < 1.29 is 14.3 Å². The second-order valence-electron chi connectivity index (χ2n) is 9.00. The summed E-state index contributed by atoms with van der Waals surface area (Å²) < 4.78 is 5.70. The molecule has 2 amide bonds. The summed E-state index contributed by atoms with van der Waals surface area (Å²) in [5.74, 6) is 0.622. The second kappa shape index (κ2) is 10.1. The molecule has 1 heterocycles. The summed E-state index contributed by atoms with van der Waals surface area (Å²) in [7, 11) is 0. The molecule has 1 saturated carbocycles. The first-order valence-electron chi connectivity index (χ1n) is 10.5. The van der Waals surface area contributed by atoms with Gasteiger partial charge in [0.25, 0.3) is 5.91 Å². The molecule has 0 saturated heterocycles. The number of nitrogens with one attached hydrogen (secondary N) is 2. The number of ether oxygens (including phenoxy) is 1. The first-order chi connectivity index (χ1) is 14.3. The minimum Gasteiger partial charge on any atom is -0.486 e. The molecule has 2 atom stereocenters. The van der Waals surface area contributed by atoms with Gasteiger partial charge in [-0.1, -0.05) is 51.8 Å². The molecule has 162 valence electrons. The van der Waals surface area contributed by atoms with Gasteiger partial charge in [-0.2, -0.15) is 0 Å². The second-order valence-corrected chi connectivity index (χ2v) is 9.95. The van der Waals surface area contributed by atoms with E-state index in [0.29, 0.717) is 18.7 Å².